The molecular weight excluding hydrogens is 436 g/mol. The normalized spacial score (nSPS) is 16.5. The molecule has 10 heteroatoms. The number of carbonyl (C=O) groups excluding carboxylic acids is 1. The molecule has 0 radical (unpaired) electrons. The van der Waals surface area contributed by atoms with Crippen molar-refractivity contribution in [2.75, 3.05) is 43.5 Å². The number of thiophene rings is 1. The summed E-state index contributed by atoms with van der Waals surface area (Å²) in [5, 5.41) is 15.9. The van der Waals surface area contributed by atoms with Crippen LogP contribution in [-0.2, 0) is 32.4 Å². The lowest BCUT2D eigenvalue weighted by Gasteiger charge is -2.26. The van der Waals surface area contributed by atoms with Crippen molar-refractivity contribution in [3.05, 3.63) is 39.8 Å². The monoisotopic (exact) mass is 460 g/mol. The van der Waals surface area contributed by atoms with Crippen LogP contribution in [0.4, 0.5) is 10.7 Å². The molecule has 1 aromatic carbocycles. The molecule has 2 N–H and O–H groups in total. The number of amides is 1. The van der Waals surface area contributed by atoms with Gasteiger partial charge in [-0.3, -0.25) is 4.79 Å². The fourth-order valence-corrected chi connectivity index (χ4v) is 6.79. The van der Waals surface area contributed by atoms with Crippen molar-refractivity contribution in [3.63, 3.8) is 0 Å². The summed E-state index contributed by atoms with van der Waals surface area (Å²) >= 11 is 1.47. The number of morpholine rings is 1. The first kappa shape index (κ1) is 21.8. The third-order valence-electron chi connectivity index (χ3n) is 5.52. The minimum Gasteiger partial charge on any atom is -0.379 e. The Morgan fingerprint density at radius 2 is 2.06 bits per heavy atom. The third-order valence-corrected chi connectivity index (χ3v) is 8.76. The van der Waals surface area contributed by atoms with Crippen LogP contribution in [0.2, 0.25) is 0 Å². The number of carbonyl (C=O) groups is 1. The number of anilines is 2. The molecular formula is C21H24N4O4S2. The largest absolute Gasteiger partial charge is 0.379 e. The molecule has 0 spiro atoms. The fourth-order valence-electron chi connectivity index (χ4n) is 3.88. The van der Waals surface area contributed by atoms with Crippen molar-refractivity contribution in [1.29, 1.82) is 5.26 Å². The van der Waals surface area contributed by atoms with Gasteiger partial charge in [-0.25, -0.2) is 8.42 Å². The van der Waals surface area contributed by atoms with E-state index < -0.39 is 10.0 Å². The van der Waals surface area contributed by atoms with Crippen LogP contribution in [0.15, 0.2) is 23.1 Å². The number of sulfonamides is 1. The fraction of sp³-hybridized carbons (Fsp3) is 0.429. The Kier molecular flexibility index (Phi) is 6.29. The van der Waals surface area contributed by atoms with Crippen molar-refractivity contribution < 1.29 is 17.9 Å². The molecule has 1 amide bonds. The summed E-state index contributed by atoms with van der Waals surface area (Å²) in [5.74, 6) is -0.283. The maximum atomic E-state index is 13.0. The van der Waals surface area contributed by atoms with E-state index in [0.717, 1.165) is 24.8 Å². The Labute approximate surface area is 185 Å². The van der Waals surface area contributed by atoms with Gasteiger partial charge in [0.05, 0.1) is 30.2 Å². The molecule has 1 saturated heterocycles. The quantitative estimate of drug-likeness (QED) is 0.685. The van der Waals surface area contributed by atoms with E-state index in [-0.39, 0.29) is 17.3 Å². The van der Waals surface area contributed by atoms with Gasteiger partial charge < -0.3 is 15.4 Å². The SMILES string of the molecule is Cc1ccc(NCC(=O)Nc2sc3c(c2C#N)CCC3)cc1S(=O)(=O)N1CCOCC1. The van der Waals surface area contributed by atoms with E-state index in [1.165, 1.54) is 20.5 Å². The molecule has 0 bridgehead atoms. The number of ether oxygens (including phenoxy) is 1. The van der Waals surface area contributed by atoms with Gasteiger partial charge >= 0.3 is 0 Å². The van der Waals surface area contributed by atoms with Crippen LogP contribution in [0.25, 0.3) is 0 Å². The first-order valence-electron chi connectivity index (χ1n) is 10.2. The molecule has 2 heterocycles. The highest BCUT2D eigenvalue weighted by atomic mass is 32.2. The third kappa shape index (κ3) is 4.45. The van der Waals surface area contributed by atoms with E-state index in [0.29, 0.717) is 48.1 Å². The number of fused-ring (bicyclic) bond motifs is 1. The Morgan fingerprint density at radius 3 is 2.81 bits per heavy atom. The highest BCUT2D eigenvalue weighted by molar-refractivity contribution is 7.89. The summed E-state index contributed by atoms with van der Waals surface area (Å²) in [4.78, 5) is 13.9. The van der Waals surface area contributed by atoms with Crippen LogP contribution in [0.5, 0.6) is 0 Å². The zero-order valence-electron chi connectivity index (χ0n) is 17.2. The van der Waals surface area contributed by atoms with Gasteiger partial charge in [0.1, 0.15) is 11.1 Å². The first-order chi connectivity index (χ1) is 14.9. The maximum absolute atomic E-state index is 13.0. The predicted molar refractivity (Wildman–Crippen MR) is 119 cm³/mol. The molecule has 4 rings (SSSR count). The minimum absolute atomic E-state index is 0.0342. The van der Waals surface area contributed by atoms with Crippen LogP contribution in [0, 0.1) is 18.3 Å². The lowest BCUT2D eigenvalue weighted by molar-refractivity contribution is -0.114. The minimum atomic E-state index is -3.63. The van der Waals surface area contributed by atoms with E-state index in [1.807, 2.05) is 0 Å². The molecule has 1 aliphatic heterocycles. The Bertz CT molecular complexity index is 1140. The molecule has 1 fully saturated rings. The van der Waals surface area contributed by atoms with Gasteiger partial charge in [-0.05, 0) is 49.4 Å². The van der Waals surface area contributed by atoms with Gasteiger partial charge in [-0.2, -0.15) is 9.57 Å². The smallest absolute Gasteiger partial charge is 0.244 e. The molecule has 8 nitrogen and oxygen atoms in total. The molecule has 2 aliphatic rings. The standard InChI is InChI=1S/C21H24N4O4S2/c1-14-5-6-15(11-19(14)31(27,28)25-7-9-29-10-8-25)23-13-20(26)24-21-17(12-22)16-3-2-4-18(16)30-21/h5-6,11,23H,2-4,7-10,13H2,1H3,(H,24,26). The summed E-state index contributed by atoms with van der Waals surface area (Å²) < 4.78 is 32.7. The Morgan fingerprint density at radius 1 is 1.29 bits per heavy atom. The lowest BCUT2D eigenvalue weighted by Crippen LogP contribution is -2.40. The molecule has 1 aliphatic carbocycles. The number of hydrogen-bond acceptors (Lipinski definition) is 7. The molecule has 164 valence electrons. The van der Waals surface area contributed by atoms with Crippen LogP contribution < -0.4 is 10.6 Å². The van der Waals surface area contributed by atoms with Crippen molar-refractivity contribution in [1.82, 2.24) is 4.31 Å². The van der Waals surface area contributed by atoms with E-state index in [4.69, 9.17) is 4.74 Å². The molecule has 0 atom stereocenters. The van der Waals surface area contributed by atoms with Gasteiger partial charge in [0.15, 0.2) is 0 Å². The van der Waals surface area contributed by atoms with Crippen molar-refractivity contribution in [2.24, 2.45) is 0 Å². The number of nitrogens with one attached hydrogen (secondary N) is 2. The zero-order chi connectivity index (χ0) is 22.0. The molecule has 1 aromatic heterocycles. The average molecular weight is 461 g/mol. The number of nitriles is 1. The van der Waals surface area contributed by atoms with E-state index >= 15 is 0 Å². The van der Waals surface area contributed by atoms with Crippen LogP contribution in [0.1, 0.15) is 28.0 Å². The van der Waals surface area contributed by atoms with Gasteiger partial charge in [0.25, 0.3) is 0 Å². The highest BCUT2D eigenvalue weighted by Gasteiger charge is 2.28. The van der Waals surface area contributed by atoms with E-state index in [2.05, 4.69) is 16.7 Å². The summed E-state index contributed by atoms with van der Waals surface area (Å²) in [6, 6.07) is 7.25. The van der Waals surface area contributed by atoms with E-state index in [9.17, 15) is 18.5 Å². The number of nitrogens with zero attached hydrogens (tertiary/aromatic N) is 2. The van der Waals surface area contributed by atoms with Crippen LogP contribution in [0.3, 0.4) is 0 Å². The zero-order valence-corrected chi connectivity index (χ0v) is 18.9. The summed E-state index contributed by atoms with van der Waals surface area (Å²) in [7, 11) is -3.63. The second-order valence-corrected chi connectivity index (χ2v) is 10.6. The summed E-state index contributed by atoms with van der Waals surface area (Å²) in [5.41, 5.74) is 2.82. The summed E-state index contributed by atoms with van der Waals surface area (Å²) in [6.07, 6.45) is 2.88. The maximum Gasteiger partial charge on any atom is 0.244 e. The van der Waals surface area contributed by atoms with Gasteiger partial charge in [-0.15, -0.1) is 11.3 Å². The topological polar surface area (TPSA) is 112 Å². The molecule has 0 unspecified atom stereocenters. The van der Waals surface area contributed by atoms with Gasteiger partial charge in [-0.1, -0.05) is 6.07 Å². The highest BCUT2D eigenvalue weighted by Crippen LogP contribution is 2.38. The van der Waals surface area contributed by atoms with Crippen LogP contribution in [-0.4, -0.2) is 51.5 Å². The number of aryl methyl sites for hydroxylation is 2. The number of rotatable bonds is 6. The number of benzene rings is 1. The Hall–Kier alpha value is -2.45. The van der Waals surface area contributed by atoms with Crippen molar-refractivity contribution in [2.45, 2.75) is 31.1 Å². The molecule has 0 saturated carbocycles. The number of hydrogen-bond donors (Lipinski definition) is 2. The van der Waals surface area contributed by atoms with Crippen molar-refractivity contribution in [3.8, 4) is 6.07 Å². The lowest BCUT2D eigenvalue weighted by atomic mass is 10.1. The van der Waals surface area contributed by atoms with E-state index in [1.54, 1.807) is 25.1 Å². The second-order valence-electron chi connectivity index (χ2n) is 7.57. The van der Waals surface area contributed by atoms with Gasteiger partial charge in [0, 0.05) is 23.7 Å². The molecule has 31 heavy (non-hydrogen) atoms. The molecule has 2 aromatic rings. The van der Waals surface area contributed by atoms with Crippen LogP contribution >= 0.6 is 11.3 Å². The van der Waals surface area contributed by atoms with Gasteiger partial charge in [0.2, 0.25) is 15.9 Å². The summed E-state index contributed by atoms with van der Waals surface area (Å²) in [6.45, 7) is 3.14. The average Bonchev–Trinajstić information content (AvgIpc) is 3.34. The van der Waals surface area contributed by atoms with Crippen molar-refractivity contribution >= 4 is 38.0 Å². The Balaban J connectivity index is 1.44. The predicted octanol–water partition coefficient (Wildman–Crippen LogP) is 2.49. The second kappa shape index (κ2) is 8.96. The first-order valence-corrected chi connectivity index (χ1v) is 12.4.